The second kappa shape index (κ2) is 45.7. The monoisotopic (exact) mass is 2290 g/mol. The summed E-state index contributed by atoms with van der Waals surface area (Å²) >= 11 is 29.5. The van der Waals surface area contributed by atoms with E-state index in [0.29, 0.717) is 55.2 Å². The Kier molecular flexibility index (Phi) is 33.9. The molecule has 17 rings (SSSR count). The lowest BCUT2D eigenvalue weighted by molar-refractivity contribution is 0.255. The number of fused-ring (bicyclic) bond motifs is 4. The summed E-state index contributed by atoms with van der Waals surface area (Å²) in [5.41, 5.74) is 3.01. The summed E-state index contributed by atoms with van der Waals surface area (Å²) in [6.07, 6.45) is 3.38. The zero-order chi connectivity index (χ0) is 105. The van der Waals surface area contributed by atoms with E-state index < -0.39 is 110 Å². The van der Waals surface area contributed by atoms with Crippen molar-refractivity contribution in [1.29, 1.82) is 0 Å². The fourth-order valence-electron chi connectivity index (χ4n) is 14.3. The van der Waals surface area contributed by atoms with E-state index in [1.54, 1.807) is 101 Å². The number of nitrogens with one attached hydrogen (secondary N) is 12. The Morgan fingerprint density at radius 3 is 0.918 bits per heavy atom. The SMILES string of the molecule is CCCNc1ccc2c(=O)n(-c3ccc(NC(=O)NS(=O)(=O)c4ccc(Cl)s4)cc3F)c(C)nc2c1.CNc1cc2nc(C)n(-c3ccc(NC(=O)NS(=O)(=O)c4ccc(Cl)s4)cc3F)c(=O)c2cc1Br.Cc1nc2cc(NCC3CC3)ccc2c(=O)n1-c1ccc(NC(=O)NS(=O)(=O)c2ccc(Cl)s2)cc1F.Cc1nc2cc(NCCN(C)C)ccc2c(=O)n1-c1ccc(NC(=O)NS(=O)(=O)c2ccc(Cl)s2)cc1F. The average molecular weight is 2290 g/mol. The minimum absolute atomic E-state index is 0.0102. The first-order valence-electron chi connectivity index (χ1n) is 43.1. The number of carbonyl (C=O) groups is 4. The third kappa shape index (κ3) is 26.1. The minimum atomic E-state index is -4.15. The summed E-state index contributed by atoms with van der Waals surface area (Å²) in [7, 11) is -10.9. The summed E-state index contributed by atoms with van der Waals surface area (Å²) in [6.45, 7) is 11.6. The molecule has 54 heteroatoms. The summed E-state index contributed by atoms with van der Waals surface area (Å²) in [4.78, 5) is 122. The zero-order valence-corrected chi connectivity index (χ0v) is 88.3. The van der Waals surface area contributed by atoms with Gasteiger partial charge >= 0.3 is 24.1 Å². The van der Waals surface area contributed by atoms with Crippen molar-refractivity contribution in [3.63, 3.8) is 0 Å². The molecule has 0 bridgehead atoms. The number of amides is 8. The van der Waals surface area contributed by atoms with Crippen molar-refractivity contribution in [3.05, 3.63) is 298 Å². The van der Waals surface area contributed by atoms with E-state index in [2.05, 4.69) is 78.4 Å². The van der Waals surface area contributed by atoms with Crippen molar-refractivity contribution >= 4 is 261 Å². The van der Waals surface area contributed by atoms with Crippen molar-refractivity contribution in [2.45, 2.75) is 70.7 Å². The van der Waals surface area contributed by atoms with Gasteiger partial charge in [0.05, 0.1) is 89.4 Å². The molecule has 8 aromatic carbocycles. The van der Waals surface area contributed by atoms with Crippen LogP contribution in [0, 0.1) is 56.9 Å². The van der Waals surface area contributed by atoms with Gasteiger partial charge in [-0.2, -0.15) is 0 Å². The van der Waals surface area contributed by atoms with Crippen molar-refractivity contribution < 1.29 is 70.4 Å². The lowest BCUT2D eigenvalue weighted by Crippen LogP contribution is -2.34. The molecule has 0 unspecified atom stereocenters. The number of anilines is 8. The molecule has 1 fully saturated rings. The fourth-order valence-corrected chi connectivity index (χ4v) is 24.4. The lowest BCUT2D eigenvalue weighted by atomic mass is 10.2. The molecule has 12 N–H and O–H groups in total. The van der Waals surface area contributed by atoms with Crippen molar-refractivity contribution in [3.8, 4) is 22.7 Å². The predicted molar refractivity (Wildman–Crippen MR) is 567 cm³/mol. The maximum absolute atomic E-state index is 15.1. The van der Waals surface area contributed by atoms with E-state index in [4.69, 9.17) is 46.4 Å². The largest absolute Gasteiger partial charge is 0.387 e. The van der Waals surface area contributed by atoms with Crippen LogP contribution in [0.2, 0.25) is 17.3 Å². The van der Waals surface area contributed by atoms with Gasteiger partial charge < -0.3 is 47.4 Å². The molecule has 0 aliphatic heterocycles. The van der Waals surface area contributed by atoms with Gasteiger partial charge in [-0.05, 0) is 271 Å². The van der Waals surface area contributed by atoms with Gasteiger partial charge in [0.25, 0.3) is 62.3 Å². The third-order valence-electron chi connectivity index (χ3n) is 21.2. The number of sulfonamides is 4. The smallest absolute Gasteiger partial charge is 0.333 e. The molecule has 0 radical (unpaired) electrons. The molecular formula is C92H82BrCl4F4N21O16S8. The average Bonchev–Trinajstić information content (AvgIpc) is 0.943. The highest BCUT2D eigenvalue weighted by molar-refractivity contribution is 9.10. The molecule has 146 heavy (non-hydrogen) atoms. The lowest BCUT2D eigenvalue weighted by Gasteiger charge is -2.14. The number of hydrogen-bond acceptors (Lipinski definition) is 29. The number of thiophene rings is 4. The number of aryl methyl sites for hydroxylation is 4. The third-order valence-corrected chi connectivity index (χ3v) is 34.1. The number of benzene rings is 8. The Labute approximate surface area is 873 Å². The molecule has 0 saturated heterocycles. The van der Waals surface area contributed by atoms with E-state index in [9.17, 15) is 72.0 Å². The Morgan fingerprint density at radius 2 is 0.658 bits per heavy atom. The molecule has 8 heterocycles. The zero-order valence-electron chi connectivity index (χ0n) is 77.1. The number of urea groups is 4. The van der Waals surface area contributed by atoms with E-state index in [0.717, 1.165) is 137 Å². The Bertz CT molecular complexity index is 8660. The van der Waals surface area contributed by atoms with Crippen LogP contribution in [-0.2, 0) is 40.1 Å². The van der Waals surface area contributed by atoms with Crippen LogP contribution in [0.3, 0.4) is 0 Å². The Balaban J connectivity index is 0.000000154. The van der Waals surface area contributed by atoms with E-state index in [1.165, 1.54) is 110 Å². The Morgan fingerprint density at radius 1 is 0.384 bits per heavy atom. The van der Waals surface area contributed by atoms with Crippen LogP contribution in [0.4, 0.5) is 82.2 Å². The van der Waals surface area contributed by atoms with Gasteiger partial charge in [0.1, 0.15) is 63.4 Å². The van der Waals surface area contributed by atoms with Gasteiger partial charge in [-0.3, -0.25) is 37.4 Å². The number of carbonyl (C=O) groups excluding carboxylic acids is 4. The van der Waals surface area contributed by atoms with Gasteiger partial charge in [0, 0.05) is 77.5 Å². The summed E-state index contributed by atoms with van der Waals surface area (Å²) in [5.74, 6) is -1.48. The Hall–Kier alpha value is -13.5. The molecule has 0 atom stereocenters. The van der Waals surface area contributed by atoms with E-state index >= 15 is 17.6 Å². The van der Waals surface area contributed by atoms with Gasteiger partial charge in [-0.15, -0.1) is 45.3 Å². The summed E-state index contributed by atoms with van der Waals surface area (Å²) < 4.78 is 171. The van der Waals surface area contributed by atoms with Gasteiger partial charge in [0.2, 0.25) is 0 Å². The molecule has 8 aromatic heterocycles. The minimum Gasteiger partial charge on any atom is -0.387 e. The van der Waals surface area contributed by atoms with Crippen LogP contribution >= 0.6 is 108 Å². The van der Waals surface area contributed by atoms with Crippen LogP contribution in [-0.4, -0.2) is 148 Å². The van der Waals surface area contributed by atoms with E-state index in [1.807, 2.05) is 44.8 Å². The van der Waals surface area contributed by atoms with Gasteiger partial charge in [-0.1, -0.05) is 53.3 Å². The number of hydrogen-bond donors (Lipinski definition) is 12. The van der Waals surface area contributed by atoms with Crippen LogP contribution in [0.15, 0.2) is 229 Å². The topological polar surface area (TPSA) is 492 Å². The molecule has 0 spiro atoms. The highest BCUT2D eigenvalue weighted by Crippen LogP contribution is 2.35. The number of likely N-dealkylation sites (N-methyl/N-ethyl adjacent to an activating group) is 1. The number of rotatable bonds is 27. The van der Waals surface area contributed by atoms with Crippen LogP contribution in [0.1, 0.15) is 49.5 Å². The highest BCUT2D eigenvalue weighted by Gasteiger charge is 2.29. The second-order valence-corrected chi connectivity index (χ2v) is 47.5. The molecule has 1 saturated carbocycles. The molecule has 16 aromatic rings. The summed E-state index contributed by atoms with van der Waals surface area (Å²) in [6, 6.07) is 39.7. The molecule has 1 aliphatic carbocycles. The number of nitrogens with zero attached hydrogens (tertiary/aromatic N) is 9. The quantitative estimate of drug-likeness (QED) is 0.0213. The summed E-state index contributed by atoms with van der Waals surface area (Å²) in [5, 5.41) is 23.2. The molecule has 1 aliphatic rings. The number of halogens is 9. The molecule has 37 nitrogen and oxygen atoms in total. The van der Waals surface area contributed by atoms with E-state index in [-0.39, 0.29) is 108 Å². The second-order valence-electron chi connectivity index (χ2n) is 32.1. The van der Waals surface area contributed by atoms with Gasteiger partial charge in [0.15, 0.2) is 0 Å². The van der Waals surface area contributed by atoms with Crippen molar-refractivity contribution in [1.82, 2.24) is 62.0 Å². The maximum atomic E-state index is 15.1. The fraction of sp³-hybridized carbons (Fsp3) is 0.174. The first-order chi connectivity index (χ1) is 69.1. The highest BCUT2D eigenvalue weighted by atomic mass is 79.9. The maximum Gasteiger partial charge on any atom is 0.333 e. The van der Waals surface area contributed by atoms with Crippen molar-refractivity contribution in [2.75, 3.05) is 89.9 Å². The van der Waals surface area contributed by atoms with Crippen LogP contribution < -0.4 is 83.7 Å². The van der Waals surface area contributed by atoms with Gasteiger partial charge in [-0.25, -0.2) is 109 Å². The first kappa shape index (κ1) is 108. The van der Waals surface area contributed by atoms with Crippen molar-refractivity contribution in [2.24, 2.45) is 5.92 Å². The number of aromatic nitrogens is 8. The molecular weight excluding hydrogens is 2210 g/mol. The molecule has 8 amide bonds. The normalized spacial score (nSPS) is 12.0. The van der Waals surface area contributed by atoms with Crippen LogP contribution in [0.5, 0.6) is 0 Å². The predicted octanol–water partition coefficient (Wildman–Crippen LogP) is 18.7. The van der Waals surface area contributed by atoms with Crippen LogP contribution in [0.25, 0.3) is 66.4 Å². The molecule has 762 valence electrons. The first-order valence-corrected chi connectivity index (χ1v) is 54.6. The standard InChI is InChI=1S/C24H24ClFN6O4S2.C24H21ClFN5O4S2.C23H21ClFN5O4S2.C21H16BrClFN5O4S2/c1-14-28-19-13-15(27-10-11-31(2)3)4-6-17(19)23(33)32(14)20-7-5-16(12-18(20)26)29-24(34)30-38(35,36)22-9-8-21(25)37-22;1-13-28-19-11-15(27-12-14-2-3-14)4-6-17(19)23(32)31(13)20-7-5-16(10-18(20)26)29-24(33)30-37(34,35)22-9-8-21(25)36-22;1-3-10-26-14-4-6-16-18(12-14)27-13(2)30(22(16)31)19-7-5-15(11-17(19)25)28-23(32)29-36(33,34)21-9-8-20(24)35-21;1-10-26-15-9-16(25-2)13(22)8-12(15)20(30)29(10)17-4-3-11(7-14(17)24)27-21(31)28-35(32,33)19-6-5-18(23)34-19/h4-9,12-13,27H,10-11H2,1-3H3,(H2,29,30,34);4-11,14,27H,2-3,12H2,1H3,(H2,29,30,33);4-9,11-12,26H,3,10H2,1-2H3,(H2,28,29,32);3-9,25H,1-2H3,(H2,27,28,31).